The summed E-state index contributed by atoms with van der Waals surface area (Å²) in [6.45, 7) is 8.58. The van der Waals surface area contributed by atoms with Crippen molar-refractivity contribution < 1.29 is 10.2 Å². The third kappa shape index (κ3) is 11.2. The number of para-hydroxylation sites is 1. The molecule has 0 bridgehead atoms. The molecule has 0 aliphatic rings. The lowest BCUT2D eigenvalue weighted by atomic mass is 10.1. The molecule has 0 atom stereocenters. The Balaban J connectivity index is 0.000000401. The van der Waals surface area contributed by atoms with E-state index in [1.54, 1.807) is 6.07 Å². The van der Waals surface area contributed by atoms with Crippen molar-refractivity contribution in [3.63, 3.8) is 0 Å². The van der Waals surface area contributed by atoms with Crippen LogP contribution < -0.4 is 0 Å². The highest BCUT2D eigenvalue weighted by Crippen LogP contribution is 2.17. The van der Waals surface area contributed by atoms with Crippen LogP contribution in [0.2, 0.25) is 0 Å². The second-order valence-corrected chi connectivity index (χ2v) is 5.79. The molecule has 2 nitrogen and oxygen atoms in total. The number of rotatable bonds is 7. The van der Waals surface area contributed by atoms with Crippen molar-refractivity contribution in [2.24, 2.45) is 0 Å². The normalized spacial score (nSPS) is 10.7. The lowest BCUT2D eigenvalue weighted by Crippen LogP contribution is -1.83. The van der Waals surface area contributed by atoms with Gasteiger partial charge in [0.15, 0.2) is 0 Å². The minimum absolute atomic E-state index is 0.167. The number of aliphatic hydroxyl groups excluding tert-OH is 1. The van der Waals surface area contributed by atoms with Gasteiger partial charge >= 0.3 is 0 Å². The van der Waals surface area contributed by atoms with Gasteiger partial charge in [-0.2, -0.15) is 0 Å². The van der Waals surface area contributed by atoms with Gasteiger partial charge in [0.05, 0.1) is 6.61 Å². The van der Waals surface area contributed by atoms with E-state index in [-0.39, 0.29) is 6.61 Å². The third-order valence-corrected chi connectivity index (χ3v) is 3.32. The largest absolute Gasteiger partial charge is 0.508 e. The summed E-state index contributed by atoms with van der Waals surface area (Å²) in [4.78, 5) is 0. The molecule has 0 aromatic heterocycles. The quantitative estimate of drug-likeness (QED) is 0.661. The predicted octanol–water partition coefficient (Wildman–Crippen LogP) is 5.41. The average Bonchev–Trinajstić information content (AvgIpc) is 2.47. The molecule has 1 aromatic rings. The maximum Gasteiger partial charge on any atom is 0.118 e. The first-order valence-corrected chi connectivity index (χ1v) is 8.18. The summed E-state index contributed by atoms with van der Waals surface area (Å²) in [7, 11) is 0. The number of unbranched alkanes of at least 4 members (excludes halogenated alkanes) is 1. The molecule has 2 N–H and O–H groups in total. The molecule has 0 fully saturated rings. The first kappa shape index (κ1) is 20.5. The van der Waals surface area contributed by atoms with Crippen molar-refractivity contribution in [1.29, 1.82) is 0 Å². The molecular weight excluding hydrogens is 272 g/mol. The Morgan fingerprint density at radius 2 is 1.77 bits per heavy atom. The topological polar surface area (TPSA) is 40.5 Å². The van der Waals surface area contributed by atoms with Crippen LogP contribution in [0, 0.1) is 0 Å². The van der Waals surface area contributed by atoms with Gasteiger partial charge in [0.1, 0.15) is 5.75 Å². The molecular formula is C20H32O2. The number of phenolic OH excluding ortho intramolecular Hbond substituents is 1. The molecule has 22 heavy (non-hydrogen) atoms. The summed E-state index contributed by atoms with van der Waals surface area (Å²) in [6, 6.07) is 7.53. The summed E-state index contributed by atoms with van der Waals surface area (Å²) >= 11 is 0. The van der Waals surface area contributed by atoms with Crippen molar-refractivity contribution in [2.45, 2.75) is 59.8 Å². The van der Waals surface area contributed by atoms with Gasteiger partial charge < -0.3 is 10.2 Å². The van der Waals surface area contributed by atoms with Crippen LogP contribution in [0.4, 0.5) is 0 Å². The molecule has 0 aliphatic heterocycles. The number of aromatic hydroxyl groups is 1. The van der Waals surface area contributed by atoms with E-state index in [1.807, 2.05) is 24.3 Å². The number of aliphatic hydroxyl groups is 1. The van der Waals surface area contributed by atoms with E-state index in [0.717, 1.165) is 31.2 Å². The zero-order valence-corrected chi connectivity index (χ0v) is 14.6. The Kier molecular flexibility index (Phi) is 12.2. The molecule has 2 heteroatoms. The standard InChI is InChI=1S/C10H14O.C10H18O/c1-2-3-6-9-7-4-5-8-10(9)11;1-9(2)5-4-6-10(3)7-8-11/h4-5,7-8,11H,2-3,6H2,1H3;5,7,11H,4,6,8H2,1-3H3/b;10-7+. The van der Waals surface area contributed by atoms with Gasteiger partial charge in [-0.25, -0.2) is 0 Å². The SMILES string of the molecule is CC(C)=CCC/C(C)=C/CO.CCCCc1ccccc1O. The van der Waals surface area contributed by atoms with E-state index >= 15 is 0 Å². The second-order valence-electron chi connectivity index (χ2n) is 5.79. The molecule has 0 unspecified atom stereocenters. The summed E-state index contributed by atoms with van der Waals surface area (Å²) in [6.07, 6.45) is 9.54. The minimum Gasteiger partial charge on any atom is -0.508 e. The Bertz CT molecular complexity index is 455. The zero-order chi connectivity index (χ0) is 16.8. The monoisotopic (exact) mass is 304 g/mol. The van der Waals surface area contributed by atoms with Crippen molar-refractivity contribution in [1.82, 2.24) is 0 Å². The Labute approximate surface area is 136 Å². The number of benzene rings is 1. The van der Waals surface area contributed by atoms with Crippen LogP contribution in [0.5, 0.6) is 5.75 Å². The second kappa shape index (κ2) is 13.1. The highest BCUT2D eigenvalue weighted by molar-refractivity contribution is 5.31. The fourth-order valence-electron chi connectivity index (χ4n) is 1.94. The number of phenols is 1. The summed E-state index contributed by atoms with van der Waals surface area (Å²) < 4.78 is 0. The first-order valence-electron chi connectivity index (χ1n) is 8.18. The number of hydrogen-bond acceptors (Lipinski definition) is 2. The molecule has 0 amide bonds. The number of allylic oxidation sites excluding steroid dienone is 3. The molecule has 0 saturated carbocycles. The van der Waals surface area contributed by atoms with Gasteiger partial charge in [0, 0.05) is 0 Å². The van der Waals surface area contributed by atoms with E-state index in [1.165, 1.54) is 17.6 Å². The minimum atomic E-state index is 0.167. The maximum atomic E-state index is 9.34. The van der Waals surface area contributed by atoms with Crippen molar-refractivity contribution in [3.05, 3.63) is 53.1 Å². The molecule has 1 rings (SSSR count). The van der Waals surface area contributed by atoms with Gasteiger partial charge in [-0.1, -0.05) is 54.8 Å². The molecule has 124 valence electrons. The van der Waals surface area contributed by atoms with Crippen LogP contribution in [-0.4, -0.2) is 16.8 Å². The fourth-order valence-corrected chi connectivity index (χ4v) is 1.94. The average molecular weight is 304 g/mol. The summed E-state index contributed by atoms with van der Waals surface area (Å²) in [5.74, 6) is 0.431. The number of hydrogen-bond donors (Lipinski definition) is 2. The predicted molar refractivity (Wildman–Crippen MR) is 96.2 cm³/mol. The smallest absolute Gasteiger partial charge is 0.118 e. The van der Waals surface area contributed by atoms with Gasteiger partial charge in [-0.15, -0.1) is 0 Å². The van der Waals surface area contributed by atoms with Crippen LogP contribution in [0.3, 0.4) is 0 Å². The lowest BCUT2D eigenvalue weighted by Gasteiger charge is -2.01. The zero-order valence-electron chi connectivity index (χ0n) is 14.6. The third-order valence-electron chi connectivity index (χ3n) is 3.32. The van der Waals surface area contributed by atoms with Crippen LogP contribution in [0.25, 0.3) is 0 Å². The fraction of sp³-hybridized carbons (Fsp3) is 0.500. The van der Waals surface area contributed by atoms with Gasteiger partial charge in [-0.05, 0) is 58.1 Å². The summed E-state index contributed by atoms with van der Waals surface area (Å²) in [5, 5.41) is 17.9. The molecule has 0 radical (unpaired) electrons. The molecule has 0 aliphatic carbocycles. The summed E-state index contributed by atoms with van der Waals surface area (Å²) in [5.41, 5.74) is 3.70. The van der Waals surface area contributed by atoms with E-state index in [0.29, 0.717) is 5.75 Å². The maximum absolute atomic E-state index is 9.34. The van der Waals surface area contributed by atoms with E-state index in [2.05, 4.69) is 33.8 Å². The van der Waals surface area contributed by atoms with E-state index in [4.69, 9.17) is 5.11 Å². The lowest BCUT2D eigenvalue weighted by molar-refractivity contribution is 0.341. The Morgan fingerprint density at radius 1 is 1.09 bits per heavy atom. The van der Waals surface area contributed by atoms with E-state index in [9.17, 15) is 5.11 Å². The van der Waals surface area contributed by atoms with Crippen molar-refractivity contribution in [3.8, 4) is 5.75 Å². The molecule has 1 aromatic carbocycles. The first-order chi connectivity index (χ1) is 10.5. The van der Waals surface area contributed by atoms with Crippen LogP contribution in [-0.2, 0) is 6.42 Å². The van der Waals surface area contributed by atoms with Gasteiger partial charge in [0.25, 0.3) is 0 Å². The highest BCUT2D eigenvalue weighted by atomic mass is 16.3. The molecule has 0 saturated heterocycles. The molecule has 0 spiro atoms. The Hall–Kier alpha value is -1.54. The van der Waals surface area contributed by atoms with Gasteiger partial charge in [0.2, 0.25) is 0 Å². The van der Waals surface area contributed by atoms with Gasteiger partial charge in [-0.3, -0.25) is 0 Å². The van der Waals surface area contributed by atoms with E-state index < -0.39 is 0 Å². The van der Waals surface area contributed by atoms with Crippen LogP contribution in [0.1, 0.15) is 58.9 Å². The van der Waals surface area contributed by atoms with Crippen LogP contribution in [0.15, 0.2) is 47.6 Å². The highest BCUT2D eigenvalue weighted by Gasteiger charge is 1.96. The molecule has 0 heterocycles. The van der Waals surface area contributed by atoms with Crippen molar-refractivity contribution >= 4 is 0 Å². The Morgan fingerprint density at radius 3 is 2.32 bits per heavy atom. The number of aryl methyl sites for hydroxylation is 1. The van der Waals surface area contributed by atoms with Crippen LogP contribution >= 0.6 is 0 Å². The van der Waals surface area contributed by atoms with Crippen molar-refractivity contribution in [2.75, 3.05) is 6.61 Å².